The van der Waals surface area contributed by atoms with Crippen LogP contribution in [0, 0.1) is 11.7 Å². The highest BCUT2D eigenvalue weighted by Crippen LogP contribution is 2.34. The summed E-state index contributed by atoms with van der Waals surface area (Å²) in [5.74, 6) is -0.0487. The number of carbonyl (C=O) groups is 1. The van der Waals surface area contributed by atoms with Gasteiger partial charge in [-0.3, -0.25) is 4.79 Å². The summed E-state index contributed by atoms with van der Waals surface area (Å²) in [5, 5.41) is 3.28. The highest BCUT2D eigenvalue weighted by atomic mass is 35.5. The van der Waals surface area contributed by atoms with Crippen molar-refractivity contribution in [2.75, 3.05) is 43.0 Å². The number of fused-ring (bicyclic) bond motifs is 1. The topological polar surface area (TPSA) is 35.6 Å². The van der Waals surface area contributed by atoms with Gasteiger partial charge in [-0.1, -0.05) is 0 Å². The van der Waals surface area contributed by atoms with Crippen LogP contribution < -0.4 is 15.1 Å². The fourth-order valence-electron chi connectivity index (χ4n) is 3.03. The number of hydrogen-bond acceptors (Lipinski definition) is 3. The van der Waals surface area contributed by atoms with Gasteiger partial charge in [-0.25, -0.2) is 4.39 Å². The van der Waals surface area contributed by atoms with Crippen molar-refractivity contribution in [1.82, 2.24) is 5.32 Å². The molecule has 1 atom stereocenters. The Kier molecular flexibility index (Phi) is 6.91. The van der Waals surface area contributed by atoms with Gasteiger partial charge < -0.3 is 15.1 Å². The first kappa shape index (κ1) is 19.0. The van der Waals surface area contributed by atoms with Crippen LogP contribution in [0.1, 0.15) is 12.8 Å². The van der Waals surface area contributed by atoms with Gasteiger partial charge in [-0.2, -0.15) is 0 Å². The first-order valence-electron chi connectivity index (χ1n) is 7.19. The molecular formula is C15H22Cl2FN3O. The van der Waals surface area contributed by atoms with E-state index in [1.807, 2.05) is 16.8 Å². The molecule has 1 aromatic carbocycles. The second-order valence-electron chi connectivity index (χ2n) is 5.59. The molecule has 1 fully saturated rings. The van der Waals surface area contributed by atoms with Gasteiger partial charge in [0.05, 0.1) is 17.3 Å². The minimum absolute atomic E-state index is 0. The van der Waals surface area contributed by atoms with Gasteiger partial charge in [0, 0.05) is 26.7 Å². The quantitative estimate of drug-likeness (QED) is 0.845. The van der Waals surface area contributed by atoms with Gasteiger partial charge in [-0.15, -0.1) is 24.8 Å². The lowest BCUT2D eigenvalue weighted by Gasteiger charge is -2.38. The Morgan fingerprint density at radius 2 is 2.05 bits per heavy atom. The minimum Gasteiger partial charge on any atom is -0.371 e. The zero-order valence-electron chi connectivity index (χ0n) is 12.5. The van der Waals surface area contributed by atoms with Crippen molar-refractivity contribution in [2.45, 2.75) is 12.8 Å². The standard InChI is InChI=1S/C15H20FN3O.2ClH/c1-18-7-8-19(13-5-4-12(16)9-14(13)18)15(20)11-3-2-6-17-10-11;;/h4-5,9,11,17H,2-3,6-8,10H2,1H3;2*1H. The van der Waals surface area contributed by atoms with Crippen LogP contribution in [0.25, 0.3) is 0 Å². The predicted octanol–water partition coefficient (Wildman–Crippen LogP) is 2.45. The van der Waals surface area contributed by atoms with Crippen molar-refractivity contribution in [3.05, 3.63) is 24.0 Å². The summed E-state index contributed by atoms with van der Waals surface area (Å²) in [7, 11) is 1.93. The summed E-state index contributed by atoms with van der Waals surface area (Å²) >= 11 is 0. The molecule has 0 aliphatic carbocycles. The molecule has 0 spiro atoms. The van der Waals surface area contributed by atoms with Gasteiger partial charge in [0.15, 0.2) is 0 Å². The molecule has 22 heavy (non-hydrogen) atoms. The number of rotatable bonds is 1. The molecule has 0 bridgehead atoms. The highest BCUT2D eigenvalue weighted by Gasteiger charge is 2.31. The maximum absolute atomic E-state index is 13.4. The van der Waals surface area contributed by atoms with Crippen LogP contribution in [0.3, 0.4) is 0 Å². The van der Waals surface area contributed by atoms with Gasteiger partial charge in [0.2, 0.25) is 5.91 Å². The molecule has 1 aromatic rings. The molecule has 2 aliphatic heterocycles. The molecule has 1 amide bonds. The molecule has 0 aromatic heterocycles. The zero-order valence-corrected chi connectivity index (χ0v) is 14.2. The maximum atomic E-state index is 13.4. The van der Waals surface area contributed by atoms with Crippen LogP contribution in [0.4, 0.5) is 15.8 Å². The average molecular weight is 350 g/mol. The monoisotopic (exact) mass is 349 g/mol. The molecule has 0 saturated carbocycles. The number of hydrogen-bond donors (Lipinski definition) is 1. The number of likely N-dealkylation sites (N-methyl/N-ethyl adjacent to an activating group) is 1. The van der Waals surface area contributed by atoms with Crippen molar-refractivity contribution in [2.24, 2.45) is 5.92 Å². The van der Waals surface area contributed by atoms with Crippen molar-refractivity contribution in [3.63, 3.8) is 0 Å². The lowest BCUT2D eigenvalue weighted by atomic mass is 9.97. The zero-order chi connectivity index (χ0) is 14.1. The first-order chi connectivity index (χ1) is 9.66. The molecule has 3 rings (SSSR count). The molecule has 0 radical (unpaired) electrons. The van der Waals surface area contributed by atoms with Crippen LogP contribution in [-0.2, 0) is 4.79 Å². The van der Waals surface area contributed by atoms with E-state index < -0.39 is 0 Å². The number of anilines is 2. The van der Waals surface area contributed by atoms with Gasteiger partial charge in [0.1, 0.15) is 5.82 Å². The van der Waals surface area contributed by atoms with Crippen LogP contribution >= 0.6 is 24.8 Å². The number of nitrogens with one attached hydrogen (secondary N) is 1. The van der Waals surface area contributed by atoms with Crippen LogP contribution in [0.5, 0.6) is 0 Å². The fraction of sp³-hybridized carbons (Fsp3) is 0.533. The molecule has 1 N–H and O–H groups in total. The van der Waals surface area contributed by atoms with Gasteiger partial charge >= 0.3 is 0 Å². The van der Waals surface area contributed by atoms with Crippen LogP contribution in [0.2, 0.25) is 0 Å². The number of benzene rings is 1. The number of nitrogens with zero attached hydrogens (tertiary/aromatic N) is 2. The number of amides is 1. The van der Waals surface area contributed by atoms with E-state index in [-0.39, 0.29) is 42.5 Å². The molecular weight excluding hydrogens is 328 g/mol. The van der Waals surface area contributed by atoms with Crippen LogP contribution in [-0.4, -0.2) is 39.1 Å². The van der Waals surface area contributed by atoms with E-state index in [2.05, 4.69) is 5.32 Å². The minimum atomic E-state index is -0.260. The molecule has 7 heteroatoms. The van der Waals surface area contributed by atoms with E-state index in [1.165, 1.54) is 12.1 Å². The Morgan fingerprint density at radius 1 is 1.27 bits per heavy atom. The van der Waals surface area contributed by atoms with Crippen molar-refractivity contribution in [3.8, 4) is 0 Å². The Morgan fingerprint density at radius 3 is 2.73 bits per heavy atom. The molecule has 1 unspecified atom stereocenters. The predicted molar refractivity (Wildman–Crippen MR) is 92.1 cm³/mol. The summed E-state index contributed by atoms with van der Waals surface area (Å²) in [6.07, 6.45) is 1.98. The third-order valence-corrected chi connectivity index (χ3v) is 4.21. The first-order valence-corrected chi connectivity index (χ1v) is 7.19. The Labute approximate surface area is 142 Å². The van der Waals surface area contributed by atoms with E-state index in [4.69, 9.17) is 0 Å². The Bertz CT molecular complexity index is 524. The molecule has 2 aliphatic rings. The highest BCUT2D eigenvalue weighted by molar-refractivity contribution is 5.99. The van der Waals surface area contributed by atoms with Crippen molar-refractivity contribution < 1.29 is 9.18 Å². The second kappa shape index (κ2) is 7.99. The number of halogens is 3. The smallest absolute Gasteiger partial charge is 0.231 e. The maximum Gasteiger partial charge on any atom is 0.231 e. The molecule has 1 saturated heterocycles. The fourth-order valence-corrected chi connectivity index (χ4v) is 3.03. The molecule has 4 nitrogen and oxygen atoms in total. The number of carbonyl (C=O) groups excluding carboxylic acids is 1. The van der Waals surface area contributed by atoms with Gasteiger partial charge in [-0.05, 0) is 37.6 Å². The van der Waals surface area contributed by atoms with E-state index in [0.29, 0.717) is 6.54 Å². The summed E-state index contributed by atoms with van der Waals surface area (Å²) < 4.78 is 13.4. The Balaban J connectivity index is 0.00000121. The normalized spacial score (nSPS) is 20.5. The summed E-state index contributed by atoms with van der Waals surface area (Å²) in [4.78, 5) is 16.5. The third kappa shape index (κ3) is 3.65. The average Bonchev–Trinajstić information content (AvgIpc) is 2.48. The Hall–Kier alpha value is -1.04. The van der Waals surface area contributed by atoms with E-state index >= 15 is 0 Å². The molecule has 2 heterocycles. The third-order valence-electron chi connectivity index (χ3n) is 4.21. The summed E-state index contributed by atoms with van der Waals surface area (Å²) in [6.45, 7) is 3.16. The van der Waals surface area contributed by atoms with Crippen molar-refractivity contribution >= 4 is 42.1 Å². The summed E-state index contributed by atoms with van der Waals surface area (Å²) in [6, 6.07) is 4.65. The van der Waals surface area contributed by atoms with Gasteiger partial charge in [0.25, 0.3) is 0 Å². The summed E-state index contributed by atoms with van der Waals surface area (Å²) in [5.41, 5.74) is 1.63. The molecule has 124 valence electrons. The van der Waals surface area contributed by atoms with Crippen LogP contribution in [0.15, 0.2) is 18.2 Å². The second-order valence-corrected chi connectivity index (χ2v) is 5.59. The lowest BCUT2D eigenvalue weighted by molar-refractivity contribution is -0.122. The number of piperidine rings is 1. The van der Waals surface area contributed by atoms with E-state index in [9.17, 15) is 9.18 Å². The lowest BCUT2D eigenvalue weighted by Crippen LogP contribution is -2.48. The van der Waals surface area contributed by atoms with E-state index in [0.717, 1.165) is 43.9 Å². The largest absolute Gasteiger partial charge is 0.371 e. The SMILES string of the molecule is CN1CCN(C(=O)C2CCCNC2)c2ccc(F)cc21.Cl.Cl. The van der Waals surface area contributed by atoms with E-state index in [1.54, 1.807) is 6.07 Å². The van der Waals surface area contributed by atoms with Crippen molar-refractivity contribution in [1.29, 1.82) is 0 Å².